The van der Waals surface area contributed by atoms with E-state index in [1.165, 1.54) is 19.2 Å². The van der Waals surface area contributed by atoms with E-state index in [0.717, 1.165) is 10.9 Å². The van der Waals surface area contributed by atoms with Gasteiger partial charge in [-0.05, 0) is 12.1 Å². The Morgan fingerprint density at radius 1 is 1.36 bits per heavy atom. The van der Waals surface area contributed by atoms with Gasteiger partial charge in [-0.1, -0.05) is 0 Å². The molecule has 2 N–H and O–H groups in total. The molecule has 0 atom stereocenters. The van der Waals surface area contributed by atoms with Gasteiger partial charge < -0.3 is 9.67 Å². The van der Waals surface area contributed by atoms with E-state index in [4.69, 9.17) is 5.11 Å². The normalized spacial score (nSPS) is 12.0. The molecule has 0 unspecified atom stereocenters. The van der Waals surface area contributed by atoms with Gasteiger partial charge in [-0.15, -0.1) is 0 Å². The summed E-state index contributed by atoms with van der Waals surface area (Å²) in [5.41, 5.74) is 0.590. The average molecular weight is 367 g/mol. The topological polar surface area (TPSA) is 119 Å². The number of halogens is 1. The van der Waals surface area contributed by atoms with Gasteiger partial charge in [0, 0.05) is 20.2 Å². The van der Waals surface area contributed by atoms with Crippen molar-refractivity contribution in [1.82, 2.24) is 24.1 Å². The summed E-state index contributed by atoms with van der Waals surface area (Å²) in [5.74, 6) is -1.50. The first-order chi connectivity index (χ1) is 11.7. The van der Waals surface area contributed by atoms with Gasteiger partial charge in [-0.3, -0.25) is 4.68 Å². The van der Waals surface area contributed by atoms with Crippen molar-refractivity contribution in [3.05, 3.63) is 41.7 Å². The lowest BCUT2D eigenvalue weighted by molar-refractivity contribution is 0.0680. The molecule has 11 heteroatoms. The van der Waals surface area contributed by atoms with Crippen LogP contribution in [0.4, 0.5) is 4.39 Å². The highest BCUT2D eigenvalue weighted by Crippen LogP contribution is 2.18. The third kappa shape index (κ3) is 2.98. The van der Waals surface area contributed by atoms with Gasteiger partial charge >= 0.3 is 5.97 Å². The second-order valence-electron chi connectivity index (χ2n) is 5.33. The lowest BCUT2D eigenvalue weighted by Crippen LogP contribution is -2.26. The molecule has 3 rings (SSSR count). The number of aromatic nitrogens is 4. The van der Waals surface area contributed by atoms with Gasteiger partial charge in [0.2, 0.25) is 10.0 Å². The molecule has 2 heterocycles. The minimum absolute atomic E-state index is 0.191. The van der Waals surface area contributed by atoms with Crippen LogP contribution < -0.4 is 4.72 Å². The van der Waals surface area contributed by atoms with Gasteiger partial charge in [0.1, 0.15) is 16.5 Å². The number of rotatable bonds is 5. The highest BCUT2D eigenvalue weighted by Gasteiger charge is 2.27. The molecule has 1 aromatic carbocycles. The van der Waals surface area contributed by atoms with E-state index in [1.54, 1.807) is 17.7 Å². The number of hydrogen-bond acceptors (Lipinski definition) is 5. The van der Waals surface area contributed by atoms with E-state index in [1.807, 2.05) is 0 Å². The van der Waals surface area contributed by atoms with Crippen molar-refractivity contribution < 1.29 is 22.7 Å². The Bertz CT molecular complexity index is 1090. The Morgan fingerprint density at radius 3 is 2.76 bits per heavy atom. The van der Waals surface area contributed by atoms with Crippen LogP contribution in [-0.4, -0.2) is 38.8 Å². The van der Waals surface area contributed by atoms with Crippen LogP contribution in [-0.2, 0) is 30.7 Å². The molecule has 0 radical (unpaired) electrons. The number of hydrogen-bond donors (Lipinski definition) is 2. The number of imidazole rings is 1. The van der Waals surface area contributed by atoms with Crippen molar-refractivity contribution in [2.75, 3.05) is 0 Å². The summed E-state index contributed by atoms with van der Waals surface area (Å²) in [6.45, 7) is -0.191. The van der Waals surface area contributed by atoms with Crippen LogP contribution in [0.3, 0.4) is 0 Å². The van der Waals surface area contributed by atoms with Crippen molar-refractivity contribution in [3.63, 3.8) is 0 Å². The van der Waals surface area contributed by atoms with Gasteiger partial charge in [0.05, 0.1) is 23.8 Å². The Morgan fingerprint density at radius 2 is 2.08 bits per heavy atom. The maximum atomic E-state index is 13.3. The van der Waals surface area contributed by atoms with Crippen LogP contribution in [0.15, 0.2) is 29.3 Å². The molecule has 25 heavy (non-hydrogen) atoms. The number of sulfonamides is 1. The second-order valence-corrected chi connectivity index (χ2v) is 7.07. The highest BCUT2D eigenvalue weighted by atomic mass is 32.2. The molecule has 2 aromatic heterocycles. The molecule has 9 nitrogen and oxygen atoms in total. The molecule has 0 aliphatic carbocycles. The summed E-state index contributed by atoms with van der Waals surface area (Å²) in [7, 11) is -1.11. The minimum Gasteiger partial charge on any atom is -0.476 e. The highest BCUT2D eigenvalue weighted by molar-refractivity contribution is 7.89. The summed E-state index contributed by atoms with van der Waals surface area (Å²) < 4.78 is 43.0. The predicted octanol–water partition coefficient (Wildman–Crippen LogP) is 0.623. The lowest BCUT2D eigenvalue weighted by atomic mass is 10.3. The molecular formula is C14H14FN5O4S. The molecule has 0 fully saturated rings. The number of benzene rings is 1. The maximum Gasteiger partial charge on any atom is 0.355 e. The zero-order chi connectivity index (χ0) is 18.4. The number of nitrogens with one attached hydrogen (secondary N) is 1. The smallest absolute Gasteiger partial charge is 0.355 e. The number of aryl methyl sites for hydroxylation is 2. The monoisotopic (exact) mass is 367 g/mol. The van der Waals surface area contributed by atoms with Gasteiger partial charge in [0.15, 0.2) is 5.69 Å². The van der Waals surface area contributed by atoms with E-state index in [9.17, 15) is 17.6 Å². The average Bonchev–Trinajstić information content (AvgIpc) is 3.06. The summed E-state index contributed by atoms with van der Waals surface area (Å²) in [6.07, 6.45) is 0.968. The molecule has 0 bridgehead atoms. The van der Waals surface area contributed by atoms with Crippen LogP contribution in [0.1, 0.15) is 16.3 Å². The third-order valence-electron chi connectivity index (χ3n) is 3.75. The molecule has 3 aromatic rings. The van der Waals surface area contributed by atoms with Crippen molar-refractivity contribution >= 4 is 27.0 Å². The molecule has 0 saturated carbocycles. The van der Waals surface area contributed by atoms with Crippen LogP contribution >= 0.6 is 0 Å². The molecule has 0 amide bonds. The first-order valence-corrected chi connectivity index (χ1v) is 8.55. The second kappa shape index (κ2) is 5.93. The van der Waals surface area contributed by atoms with Crippen LogP contribution in [0.2, 0.25) is 0 Å². The van der Waals surface area contributed by atoms with E-state index < -0.39 is 32.4 Å². The van der Waals surface area contributed by atoms with Crippen molar-refractivity contribution in [1.29, 1.82) is 0 Å². The fourth-order valence-corrected chi connectivity index (χ4v) is 3.61. The fourth-order valence-electron chi connectivity index (χ4n) is 2.48. The first kappa shape index (κ1) is 17.0. The van der Waals surface area contributed by atoms with E-state index >= 15 is 0 Å². The Kier molecular flexibility index (Phi) is 4.05. The van der Waals surface area contributed by atoms with Gasteiger partial charge in [-0.25, -0.2) is 27.3 Å². The van der Waals surface area contributed by atoms with Crippen molar-refractivity contribution in [2.24, 2.45) is 14.1 Å². The van der Waals surface area contributed by atoms with Crippen LogP contribution in [0.5, 0.6) is 0 Å². The predicted molar refractivity (Wildman–Crippen MR) is 84.9 cm³/mol. The molecule has 132 valence electrons. The molecule has 0 aliphatic rings. The molecular weight excluding hydrogens is 353 g/mol. The summed E-state index contributed by atoms with van der Waals surface area (Å²) in [4.78, 5) is 15.0. The SMILES string of the molecule is Cn1ncc(S(=O)(=O)NCc2nc3cc(F)ccc3n2C)c1C(=O)O. The number of aromatic carboxylic acids is 1. The Labute approximate surface area is 141 Å². The maximum absolute atomic E-state index is 13.3. The van der Waals surface area contributed by atoms with Crippen LogP contribution in [0.25, 0.3) is 11.0 Å². The van der Waals surface area contributed by atoms with E-state index in [-0.39, 0.29) is 6.54 Å². The molecule has 0 saturated heterocycles. The summed E-state index contributed by atoms with van der Waals surface area (Å²) in [5, 5.41) is 12.8. The molecule has 0 aliphatic heterocycles. The zero-order valence-electron chi connectivity index (χ0n) is 13.3. The minimum atomic E-state index is -4.12. The largest absolute Gasteiger partial charge is 0.476 e. The number of carboxylic acids is 1. The number of carboxylic acid groups (broad SMARTS) is 1. The van der Waals surface area contributed by atoms with Crippen molar-refractivity contribution in [3.8, 4) is 0 Å². The van der Waals surface area contributed by atoms with Gasteiger partial charge in [0.25, 0.3) is 0 Å². The van der Waals surface area contributed by atoms with E-state index in [0.29, 0.717) is 16.9 Å². The van der Waals surface area contributed by atoms with E-state index in [2.05, 4.69) is 14.8 Å². The Hall–Kier alpha value is -2.79. The Balaban J connectivity index is 1.91. The van der Waals surface area contributed by atoms with Gasteiger partial charge in [-0.2, -0.15) is 5.10 Å². The molecule has 0 spiro atoms. The standard InChI is InChI=1S/C14H14FN5O4S/c1-19-10-4-3-8(15)5-9(10)18-12(19)7-17-25(23,24)11-6-16-20(2)13(11)14(21)22/h3-6,17H,7H2,1-2H3,(H,21,22). The lowest BCUT2D eigenvalue weighted by Gasteiger charge is -2.06. The summed E-state index contributed by atoms with van der Waals surface area (Å²) in [6, 6.07) is 4.07. The number of carbonyl (C=O) groups is 1. The number of fused-ring (bicyclic) bond motifs is 1. The summed E-state index contributed by atoms with van der Waals surface area (Å²) >= 11 is 0. The van der Waals surface area contributed by atoms with Crippen molar-refractivity contribution in [2.45, 2.75) is 11.4 Å². The third-order valence-corrected chi connectivity index (χ3v) is 5.16. The van der Waals surface area contributed by atoms with Crippen LogP contribution in [0, 0.1) is 5.82 Å². The number of nitrogens with zero attached hydrogens (tertiary/aromatic N) is 4. The first-order valence-electron chi connectivity index (χ1n) is 7.06. The zero-order valence-corrected chi connectivity index (χ0v) is 14.1. The fraction of sp³-hybridized carbons (Fsp3) is 0.214. The quantitative estimate of drug-likeness (QED) is 0.682.